The van der Waals surface area contributed by atoms with Crippen molar-refractivity contribution in [2.24, 2.45) is 17.3 Å². The zero-order chi connectivity index (χ0) is 17.5. The van der Waals surface area contributed by atoms with Gasteiger partial charge in [-0.3, -0.25) is 14.4 Å². The largest absolute Gasteiger partial charge is 0.347 e. The monoisotopic (exact) mass is 355 g/mol. The Hall–Kier alpha value is -1.30. The van der Waals surface area contributed by atoms with Crippen molar-refractivity contribution in [2.45, 2.75) is 43.4 Å². The van der Waals surface area contributed by atoms with Gasteiger partial charge in [0.2, 0.25) is 17.7 Å². The van der Waals surface area contributed by atoms with Gasteiger partial charge < -0.3 is 15.5 Å². The van der Waals surface area contributed by atoms with Gasteiger partial charge in [0.1, 0.15) is 0 Å². The fraction of sp³-hybridized carbons (Fsp3) is 0.824. The summed E-state index contributed by atoms with van der Waals surface area (Å²) in [5.74, 6) is 0.515. The van der Waals surface area contributed by atoms with Gasteiger partial charge in [-0.15, -0.1) is 11.6 Å². The van der Waals surface area contributed by atoms with Crippen LogP contribution >= 0.6 is 11.6 Å². The first kappa shape index (κ1) is 17.5. The predicted octanol–water partition coefficient (Wildman–Crippen LogP) is 0.885. The second kappa shape index (κ2) is 6.21. The molecule has 4 saturated carbocycles. The zero-order valence-corrected chi connectivity index (χ0v) is 15.1. The molecule has 4 aliphatic carbocycles. The molecule has 4 bridgehead atoms. The minimum atomic E-state index is -0.397. The Balaban J connectivity index is 1.52. The Morgan fingerprint density at radius 1 is 1.04 bits per heavy atom. The van der Waals surface area contributed by atoms with Crippen molar-refractivity contribution in [1.29, 1.82) is 0 Å². The van der Waals surface area contributed by atoms with E-state index in [4.69, 9.17) is 11.6 Å². The summed E-state index contributed by atoms with van der Waals surface area (Å²) in [4.78, 5) is 37.3. The summed E-state index contributed by atoms with van der Waals surface area (Å²) >= 11 is 6.74. The third-order valence-electron chi connectivity index (χ3n) is 5.82. The molecule has 0 aromatic heterocycles. The van der Waals surface area contributed by atoms with Crippen LogP contribution in [0.5, 0.6) is 0 Å². The average molecular weight is 356 g/mol. The number of carbonyl (C=O) groups is 3. The molecule has 0 radical (unpaired) electrons. The van der Waals surface area contributed by atoms with Gasteiger partial charge in [0, 0.05) is 19.0 Å². The molecule has 24 heavy (non-hydrogen) atoms. The Bertz CT molecular complexity index is 549. The van der Waals surface area contributed by atoms with Crippen LogP contribution in [0.25, 0.3) is 0 Å². The van der Waals surface area contributed by atoms with Crippen LogP contribution < -0.4 is 10.6 Å². The summed E-state index contributed by atoms with van der Waals surface area (Å²) in [6, 6.07) is 0. The second-order valence-electron chi connectivity index (χ2n) is 8.14. The van der Waals surface area contributed by atoms with E-state index in [1.54, 1.807) is 14.1 Å². The highest BCUT2D eigenvalue weighted by Crippen LogP contribution is 2.63. The maximum atomic E-state index is 12.8. The lowest BCUT2D eigenvalue weighted by molar-refractivity contribution is -0.145. The molecule has 4 rings (SSSR count). The van der Waals surface area contributed by atoms with Crippen LogP contribution in [0, 0.1) is 17.3 Å². The second-order valence-corrected chi connectivity index (χ2v) is 8.94. The lowest BCUT2D eigenvalue weighted by Gasteiger charge is -2.59. The SMILES string of the molecule is CN(C)C(=O)CNC(=O)CNC(=O)C12C[C@@H]3C[C@@H](CC(Cl)(C3)C1)C2. The maximum absolute atomic E-state index is 12.8. The smallest absolute Gasteiger partial charge is 0.241 e. The summed E-state index contributed by atoms with van der Waals surface area (Å²) in [7, 11) is 3.26. The van der Waals surface area contributed by atoms with Crippen LogP contribution in [-0.2, 0) is 14.4 Å². The van der Waals surface area contributed by atoms with E-state index in [-0.39, 0.29) is 35.7 Å². The summed E-state index contributed by atoms with van der Waals surface area (Å²) in [5.41, 5.74) is -0.397. The van der Waals surface area contributed by atoms with Crippen molar-refractivity contribution in [3.63, 3.8) is 0 Å². The van der Waals surface area contributed by atoms with Crippen LogP contribution in [0.4, 0.5) is 0 Å². The number of amides is 3. The molecule has 2 unspecified atom stereocenters. The van der Waals surface area contributed by atoms with Gasteiger partial charge in [0.25, 0.3) is 0 Å². The van der Waals surface area contributed by atoms with Crippen LogP contribution in [0.2, 0.25) is 0 Å². The average Bonchev–Trinajstić information content (AvgIpc) is 2.47. The highest BCUT2D eigenvalue weighted by atomic mass is 35.5. The highest BCUT2D eigenvalue weighted by Gasteiger charge is 2.59. The van der Waals surface area contributed by atoms with Gasteiger partial charge in [0.05, 0.1) is 18.5 Å². The van der Waals surface area contributed by atoms with E-state index < -0.39 is 5.41 Å². The quantitative estimate of drug-likeness (QED) is 0.719. The highest BCUT2D eigenvalue weighted by molar-refractivity contribution is 6.24. The lowest BCUT2D eigenvalue weighted by Crippen LogP contribution is -2.59. The van der Waals surface area contributed by atoms with E-state index in [1.807, 2.05) is 0 Å². The van der Waals surface area contributed by atoms with Crippen LogP contribution in [0.15, 0.2) is 0 Å². The third-order valence-corrected chi connectivity index (χ3v) is 6.26. The van der Waals surface area contributed by atoms with E-state index in [2.05, 4.69) is 10.6 Å². The molecule has 0 heterocycles. The van der Waals surface area contributed by atoms with Crippen molar-refractivity contribution in [1.82, 2.24) is 15.5 Å². The fourth-order valence-electron chi connectivity index (χ4n) is 5.16. The van der Waals surface area contributed by atoms with Gasteiger partial charge in [-0.2, -0.15) is 0 Å². The van der Waals surface area contributed by atoms with Crippen LogP contribution in [-0.4, -0.2) is 54.7 Å². The summed E-state index contributed by atoms with van der Waals surface area (Å²) < 4.78 is 0. The molecule has 7 heteroatoms. The summed E-state index contributed by atoms with van der Waals surface area (Å²) in [6.07, 6.45) is 5.74. The van der Waals surface area contributed by atoms with Gasteiger partial charge in [-0.25, -0.2) is 0 Å². The number of rotatable bonds is 5. The molecular formula is C17H26ClN3O3. The number of hydrogen-bond donors (Lipinski definition) is 2. The fourth-order valence-corrected chi connectivity index (χ4v) is 5.85. The molecule has 4 aliphatic rings. The standard InChI is InChI=1S/C17H26ClN3O3/c1-21(2)14(23)9-19-13(22)8-20-15(24)16-4-11-3-12(5-16)7-17(18,6-11)10-16/h11-12H,3-10H2,1-2H3,(H,19,22)(H,20,24)/t11-,12+,16?,17?. The van der Waals surface area contributed by atoms with E-state index in [1.165, 1.54) is 11.3 Å². The minimum absolute atomic E-state index is 0.0456. The first-order valence-electron chi connectivity index (χ1n) is 8.65. The molecule has 6 nitrogen and oxygen atoms in total. The van der Waals surface area contributed by atoms with Crippen molar-refractivity contribution >= 4 is 29.3 Å². The molecule has 0 spiro atoms. The molecule has 4 fully saturated rings. The van der Waals surface area contributed by atoms with E-state index >= 15 is 0 Å². The molecular weight excluding hydrogens is 330 g/mol. The zero-order valence-electron chi connectivity index (χ0n) is 14.4. The number of hydrogen-bond acceptors (Lipinski definition) is 3. The summed E-state index contributed by atoms with van der Waals surface area (Å²) in [5, 5.41) is 5.30. The number of alkyl halides is 1. The van der Waals surface area contributed by atoms with Crippen molar-refractivity contribution in [2.75, 3.05) is 27.2 Å². The summed E-state index contributed by atoms with van der Waals surface area (Å²) in [6.45, 7) is -0.145. The normalized spacial score (nSPS) is 36.3. The number of likely N-dealkylation sites (N-methyl/N-ethyl adjacent to an activating group) is 1. The molecule has 3 amide bonds. The Labute approximate surface area is 147 Å². The molecule has 0 aromatic carbocycles. The van der Waals surface area contributed by atoms with Crippen molar-refractivity contribution in [3.8, 4) is 0 Å². The Kier molecular flexibility index (Phi) is 4.53. The van der Waals surface area contributed by atoms with Gasteiger partial charge in [0.15, 0.2) is 0 Å². The van der Waals surface area contributed by atoms with Crippen molar-refractivity contribution < 1.29 is 14.4 Å². The van der Waals surface area contributed by atoms with Gasteiger partial charge >= 0.3 is 0 Å². The van der Waals surface area contributed by atoms with Crippen molar-refractivity contribution in [3.05, 3.63) is 0 Å². The predicted molar refractivity (Wildman–Crippen MR) is 90.4 cm³/mol. The number of carbonyl (C=O) groups excluding carboxylic acids is 3. The van der Waals surface area contributed by atoms with E-state index in [9.17, 15) is 14.4 Å². The number of halogens is 1. The lowest BCUT2D eigenvalue weighted by atomic mass is 9.49. The number of nitrogens with zero attached hydrogens (tertiary/aromatic N) is 1. The Morgan fingerprint density at radius 3 is 2.21 bits per heavy atom. The van der Waals surface area contributed by atoms with Gasteiger partial charge in [-0.1, -0.05) is 0 Å². The molecule has 4 atom stereocenters. The first-order valence-corrected chi connectivity index (χ1v) is 9.03. The topological polar surface area (TPSA) is 78.5 Å². The molecule has 0 aliphatic heterocycles. The molecule has 0 aromatic rings. The molecule has 2 N–H and O–H groups in total. The maximum Gasteiger partial charge on any atom is 0.241 e. The molecule has 0 saturated heterocycles. The van der Waals surface area contributed by atoms with E-state index in [0.29, 0.717) is 11.8 Å². The Morgan fingerprint density at radius 2 is 1.67 bits per heavy atom. The van der Waals surface area contributed by atoms with Crippen LogP contribution in [0.1, 0.15) is 38.5 Å². The number of nitrogens with one attached hydrogen (secondary N) is 2. The molecule has 134 valence electrons. The van der Waals surface area contributed by atoms with Crippen LogP contribution in [0.3, 0.4) is 0 Å². The van der Waals surface area contributed by atoms with E-state index in [0.717, 1.165) is 32.1 Å². The first-order chi connectivity index (χ1) is 11.2. The third kappa shape index (κ3) is 3.39. The van der Waals surface area contributed by atoms with Gasteiger partial charge in [-0.05, 0) is 50.4 Å². The minimum Gasteiger partial charge on any atom is -0.347 e.